The Morgan fingerprint density at radius 3 is 2.61 bits per heavy atom. The van der Waals surface area contributed by atoms with Gasteiger partial charge in [0.1, 0.15) is 4.88 Å². The number of aryl methyl sites for hydroxylation is 2. The lowest BCUT2D eigenvalue weighted by atomic mass is 10.2. The van der Waals surface area contributed by atoms with E-state index in [1.54, 1.807) is 13.8 Å². The zero-order valence-electron chi connectivity index (χ0n) is 12.9. The van der Waals surface area contributed by atoms with Crippen LogP contribution < -0.4 is 0 Å². The Morgan fingerprint density at radius 2 is 1.96 bits per heavy atom. The molecule has 3 aromatic rings. The van der Waals surface area contributed by atoms with Gasteiger partial charge in [-0.2, -0.15) is 0 Å². The summed E-state index contributed by atoms with van der Waals surface area (Å²) >= 11 is 1.31. The van der Waals surface area contributed by atoms with Crippen LogP contribution in [0.4, 0.5) is 0 Å². The fourth-order valence-electron chi connectivity index (χ4n) is 2.08. The molecule has 3 rings (SSSR count). The van der Waals surface area contributed by atoms with Crippen LogP contribution in [0.5, 0.6) is 0 Å². The summed E-state index contributed by atoms with van der Waals surface area (Å²) in [6.45, 7) is 5.33. The molecule has 1 atom stereocenters. The lowest BCUT2D eigenvalue weighted by Gasteiger charge is -2.08. The van der Waals surface area contributed by atoms with E-state index >= 15 is 0 Å². The van der Waals surface area contributed by atoms with E-state index in [-0.39, 0.29) is 5.89 Å². The first-order valence-corrected chi connectivity index (χ1v) is 7.90. The molecule has 0 aliphatic heterocycles. The van der Waals surface area contributed by atoms with Crippen LogP contribution in [0.3, 0.4) is 0 Å². The SMILES string of the molecule is Cc1nc(C)c(C(=O)O[C@H](C)c2nnc(-c3ccccc3)o2)s1. The minimum Gasteiger partial charge on any atom is -0.448 e. The molecule has 118 valence electrons. The van der Waals surface area contributed by atoms with E-state index in [0.29, 0.717) is 16.5 Å². The third-order valence-corrected chi connectivity index (χ3v) is 4.23. The van der Waals surface area contributed by atoms with E-state index in [1.807, 2.05) is 37.3 Å². The molecule has 2 heterocycles. The maximum absolute atomic E-state index is 12.2. The number of benzene rings is 1. The summed E-state index contributed by atoms with van der Waals surface area (Å²) in [6.07, 6.45) is -0.630. The molecule has 0 aliphatic rings. The van der Waals surface area contributed by atoms with Crippen molar-refractivity contribution in [1.29, 1.82) is 0 Å². The van der Waals surface area contributed by atoms with Crippen molar-refractivity contribution in [2.75, 3.05) is 0 Å². The number of esters is 1. The smallest absolute Gasteiger partial charge is 0.351 e. The summed E-state index contributed by atoms with van der Waals surface area (Å²) in [7, 11) is 0. The highest BCUT2D eigenvalue weighted by atomic mass is 32.1. The molecule has 0 spiro atoms. The van der Waals surface area contributed by atoms with Crippen LogP contribution in [0.25, 0.3) is 11.5 Å². The minimum atomic E-state index is -0.630. The first-order valence-electron chi connectivity index (χ1n) is 7.08. The van der Waals surface area contributed by atoms with Crippen LogP contribution in [0.15, 0.2) is 34.7 Å². The molecule has 0 bridgehead atoms. The lowest BCUT2D eigenvalue weighted by molar-refractivity contribution is 0.0284. The Kier molecular flexibility index (Phi) is 4.20. The normalized spacial score (nSPS) is 12.1. The van der Waals surface area contributed by atoms with Crippen molar-refractivity contribution < 1.29 is 13.9 Å². The quantitative estimate of drug-likeness (QED) is 0.679. The lowest BCUT2D eigenvalue weighted by Crippen LogP contribution is -2.09. The topological polar surface area (TPSA) is 78.1 Å². The maximum atomic E-state index is 12.2. The zero-order valence-corrected chi connectivity index (χ0v) is 13.8. The highest BCUT2D eigenvalue weighted by Crippen LogP contribution is 2.25. The van der Waals surface area contributed by atoms with Crippen molar-refractivity contribution in [3.8, 4) is 11.5 Å². The number of carbonyl (C=O) groups is 1. The molecule has 7 heteroatoms. The highest BCUT2D eigenvalue weighted by Gasteiger charge is 2.22. The molecular formula is C16H15N3O3S. The van der Waals surface area contributed by atoms with Crippen molar-refractivity contribution >= 4 is 17.3 Å². The number of aromatic nitrogens is 3. The molecule has 0 aliphatic carbocycles. The second-order valence-electron chi connectivity index (χ2n) is 5.01. The van der Waals surface area contributed by atoms with Crippen LogP contribution in [0.2, 0.25) is 0 Å². The maximum Gasteiger partial charge on any atom is 0.351 e. The van der Waals surface area contributed by atoms with E-state index in [4.69, 9.17) is 9.15 Å². The average molecular weight is 329 g/mol. The Balaban J connectivity index is 1.74. The molecule has 23 heavy (non-hydrogen) atoms. The van der Waals surface area contributed by atoms with Crippen molar-refractivity contribution in [2.45, 2.75) is 26.9 Å². The fourth-order valence-corrected chi connectivity index (χ4v) is 2.88. The van der Waals surface area contributed by atoms with E-state index in [1.165, 1.54) is 11.3 Å². The van der Waals surface area contributed by atoms with Gasteiger partial charge >= 0.3 is 5.97 Å². The molecule has 0 fully saturated rings. The van der Waals surface area contributed by atoms with Gasteiger partial charge in [-0.05, 0) is 32.9 Å². The Labute approximate surface area is 137 Å². The summed E-state index contributed by atoms with van der Waals surface area (Å²) in [5.74, 6) is 0.226. The van der Waals surface area contributed by atoms with Crippen LogP contribution in [0.1, 0.15) is 39.3 Å². The summed E-state index contributed by atoms with van der Waals surface area (Å²) in [6, 6.07) is 9.43. The van der Waals surface area contributed by atoms with Gasteiger partial charge in [0.25, 0.3) is 5.89 Å². The number of carbonyl (C=O) groups excluding carboxylic acids is 1. The molecule has 0 amide bonds. The van der Waals surface area contributed by atoms with Gasteiger partial charge in [0.05, 0.1) is 10.7 Å². The number of hydrogen-bond donors (Lipinski definition) is 0. The highest BCUT2D eigenvalue weighted by molar-refractivity contribution is 7.13. The van der Waals surface area contributed by atoms with Crippen molar-refractivity contribution in [3.05, 3.63) is 51.8 Å². The summed E-state index contributed by atoms with van der Waals surface area (Å²) in [5.41, 5.74) is 1.49. The van der Waals surface area contributed by atoms with Gasteiger partial charge in [-0.3, -0.25) is 0 Å². The Hall–Kier alpha value is -2.54. The summed E-state index contributed by atoms with van der Waals surface area (Å²) in [5, 5.41) is 8.78. The van der Waals surface area contributed by atoms with Gasteiger partial charge in [0.15, 0.2) is 6.10 Å². The second-order valence-corrected chi connectivity index (χ2v) is 6.21. The molecule has 0 N–H and O–H groups in total. The molecule has 1 aromatic carbocycles. The monoisotopic (exact) mass is 329 g/mol. The van der Waals surface area contributed by atoms with E-state index in [0.717, 1.165) is 10.6 Å². The Morgan fingerprint density at radius 1 is 1.22 bits per heavy atom. The van der Waals surface area contributed by atoms with Gasteiger partial charge in [-0.1, -0.05) is 18.2 Å². The van der Waals surface area contributed by atoms with E-state index < -0.39 is 12.1 Å². The predicted octanol–water partition coefficient (Wildman–Crippen LogP) is 3.73. The van der Waals surface area contributed by atoms with Gasteiger partial charge < -0.3 is 9.15 Å². The van der Waals surface area contributed by atoms with Crippen LogP contribution >= 0.6 is 11.3 Å². The van der Waals surface area contributed by atoms with Crippen LogP contribution in [-0.2, 0) is 4.74 Å². The molecule has 0 unspecified atom stereocenters. The Bertz CT molecular complexity index is 826. The van der Waals surface area contributed by atoms with Crippen LogP contribution in [-0.4, -0.2) is 21.2 Å². The van der Waals surface area contributed by atoms with E-state index in [9.17, 15) is 4.79 Å². The first-order chi connectivity index (χ1) is 11.0. The number of nitrogens with zero attached hydrogens (tertiary/aromatic N) is 3. The molecule has 0 saturated carbocycles. The second kappa shape index (κ2) is 6.29. The molecular weight excluding hydrogens is 314 g/mol. The number of thiazole rings is 1. The van der Waals surface area contributed by atoms with Crippen molar-refractivity contribution in [1.82, 2.24) is 15.2 Å². The average Bonchev–Trinajstić information content (AvgIpc) is 3.15. The number of hydrogen-bond acceptors (Lipinski definition) is 7. The third-order valence-electron chi connectivity index (χ3n) is 3.18. The summed E-state index contributed by atoms with van der Waals surface area (Å²) in [4.78, 5) is 16.9. The van der Waals surface area contributed by atoms with Crippen LogP contribution in [0, 0.1) is 13.8 Å². The van der Waals surface area contributed by atoms with Gasteiger partial charge in [-0.15, -0.1) is 21.5 Å². The van der Waals surface area contributed by atoms with Gasteiger partial charge in [0.2, 0.25) is 5.89 Å². The zero-order chi connectivity index (χ0) is 16.4. The number of rotatable bonds is 4. The van der Waals surface area contributed by atoms with Gasteiger partial charge in [0, 0.05) is 5.56 Å². The third kappa shape index (κ3) is 3.29. The largest absolute Gasteiger partial charge is 0.448 e. The number of ether oxygens (including phenoxy) is 1. The molecule has 0 saturated heterocycles. The standard InChI is InChI=1S/C16H15N3O3S/c1-9-13(23-11(3)17-9)16(20)21-10(2)14-18-19-15(22-14)12-7-5-4-6-8-12/h4-8,10H,1-3H3/t10-/m1/s1. The minimum absolute atomic E-state index is 0.260. The fraction of sp³-hybridized carbons (Fsp3) is 0.250. The van der Waals surface area contributed by atoms with Gasteiger partial charge in [-0.25, -0.2) is 9.78 Å². The molecule has 0 radical (unpaired) electrons. The molecule has 6 nitrogen and oxygen atoms in total. The molecule has 2 aromatic heterocycles. The first kappa shape index (κ1) is 15.4. The van der Waals surface area contributed by atoms with E-state index in [2.05, 4.69) is 15.2 Å². The van der Waals surface area contributed by atoms with Crippen molar-refractivity contribution in [3.63, 3.8) is 0 Å². The summed E-state index contributed by atoms with van der Waals surface area (Å²) < 4.78 is 11.0. The predicted molar refractivity (Wildman–Crippen MR) is 85.2 cm³/mol. The van der Waals surface area contributed by atoms with Crippen molar-refractivity contribution in [2.24, 2.45) is 0 Å².